The smallest absolute Gasteiger partial charge is 0.147 e. The Morgan fingerprint density at radius 1 is 1.28 bits per heavy atom. The van der Waals surface area contributed by atoms with Crippen molar-refractivity contribution in [1.82, 2.24) is 14.4 Å². The Bertz CT molecular complexity index is 753. The van der Waals surface area contributed by atoms with Crippen LogP contribution in [0, 0.1) is 6.92 Å². The fraction of sp³-hybridized carbons (Fsp3) is 0.167. The molecule has 3 rings (SSSR count). The van der Waals surface area contributed by atoms with Gasteiger partial charge in [0, 0.05) is 56.7 Å². The predicted octanol–water partition coefficient (Wildman–Crippen LogP) is 1.93. The Labute approximate surface area is 132 Å². The number of aryl methyl sites for hydroxylation is 1. The molecule has 6 heteroatoms. The van der Waals surface area contributed by atoms with Gasteiger partial charge >= 0.3 is 0 Å². The molecule has 1 radical (unpaired) electrons. The van der Waals surface area contributed by atoms with Crippen LogP contribution >= 0.6 is 0 Å². The minimum absolute atomic E-state index is 0. The second-order valence-electron chi connectivity index (χ2n) is 3.96. The average molecular weight is 334 g/mol. The van der Waals surface area contributed by atoms with E-state index in [0.29, 0.717) is 5.03 Å². The fourth-order valence-electron chi connectivity index (χ4n) is 1.97. The summed E-state index contributed by atoms with van der Waals surface area (Å²) >= 11 is 0. The number of aromatic nitrogens is 3. The third-order valence-corrected chi connectivity index (χ3v) is 3.58. The molecule has 0 bridgehead atoms. The number of imidazole rings is 1. The number of rotatable bonds is 1. The van der Waals surface area contributed by atoms with Gasteiger partial charge in [0.05, 0.1) is 10.8 Å². The molecule has 0 saturated heterocycles. The topological polar surface area (TPSA) is 47.3 Å². The molecule has 0 aromatic carbocycles. The Morgan fingerprint density at radius 2 is 2.06 bits per heavy atom. The second kappa shape index (κ2) is 5.15. The van der Waals surface area contributed by atoms with Crippen molar-refractivity contribution in [3.05, 3.63) is 36.2 Å². The average Bonchev–Trinajstić information content (AvgIpc) is 2.78. The third-order valence-electron chi connectivity index (χ3n) is 2.77. The number of nitrogens with zero attached hydrogens (tertiary/aromatic N) is 3. The molecular formula is C12H11N3OSY. The van der Waals surface area contributed by atoms with Crippen molar-refractivity contribution in [2.45, 2.75) is 11.9 Å². The maximum atomic E-state index is 11.5. The van der Waals surface area contributed by atoms with Gasteiger partial charge < -0.3 is 0 Å². The van der Waals surface area contributed by atoms with Gasteiger partial charge in [-0.3, -0.25) is 8.61 Å². The first-order chi connectivity index (χ1) is 8.16. The molecule has 3 aromatic heterocycles. The zero-order valence-electron chi connectivity index (χ0n) is 10.1. The van der Waals surface area contributed by atoms with Gasteiger partial charge in [-0.25, -0.2) is 9.97 Å². The summed E-state index contributed by atoms with van der Waals surface area (Å²) in [6, 6.07) is 5.80. The van der Waals surface area contributed by atoms with Crippen LogP contribution in [0.1, 0.15) is 5.56 Å². The van der Waals surface area contributed by atoms with E-state index in [-0.39, 0.29) is 32.7 Å². The van der Waals surface area contributed by atoms with E-state index in [4.69, 9.17) is 0 Å². The van der Waals surface area contributed by atoms with E-state index in [0.717, 1.165) is 22.2 Å². The van der Waals surface area contributed by atoms with E-state index in [9.17, 15) is 4.21 Å². The van der Waals surface area contributed by atoms with Gasteiger partial charge in [-0.05, 0) is 30.7 Å². The molecule has 0 aliphatic carbocycles. The quantitative estimate of drug-likeness (QED) is 0.683. The Morgan fingerprint density at radius 3 is 2.78 bits per heavy atom. The van der Waals surface area contributed by atoms with Gasteiger partial charge in [0.25, 0.3) is 0 Å². The van der Waals surface area contributed by atoms with Crippen LogP contribution in [0.5, 0.6) is 0 Å². The van der Waals surface area contributed by atoms with E-state index in [1.807, 2.05) is 29.7 Å². The third kappa shape index (κ3) is 2.15. The minimum atomic E-state index is -1.07. The van der Waals surface area contributed by atoms with Crippen LogP contribution < -0.4 is 0 Å². The van der Waals surface area contributed by atoms with Crippen molar-refractivity contribution in [3.63, 3.8) is 0 Å². The van der Waals surface area contributed by atoms with Crippen LogP contribution in [-0.2, 0) is 43.5 Å². The minimum Gasteiger partial charge on any atom is -0.284 e. The van der Waals surface area contributed by atoms with Gasteiger partial charge in [0.2, 0.25) is 0 Å². The number of pyridine rings is 2. The number of hydrogen-bond donors (Lipinski definition) is 0. The predicted molar refractivity (Wildman–Crippen MR) is 67.6 cm³/mol. The van der Waals surface area contributed by atoms with Gasteiger partial charge in [-0.1, -0.05) is 0 Å². The zero-order valence-corrected chi connectivity index (χ0v) is 13.8. The summed E-state index contributed by atoms with van der Waals surface area (Å²) in [5.74, 6) is 0. The molecule has 0 aliphatic rings. The van der Waals surface area contributed by atoms with E-state index in [2.05, 4.69) is 9.97 Å². The summed E-state index contributed by atoms with van der Waals surface area (Å²) in [5, 5.41) is 1.62. The SMILES string of the molecule is Cc1cc2ccc(S(C)=O)nc2n2ccnc12.[Y]. The van der Waals surface area contributed by atoms with Crippen molar-refractivity contribution >= 4 is 27.5 Å². The van der Waals surface area contributed by atoms with Gasteiger partial charge in [-0.2, -0.15) is 0 Å². The summed E-state index contributed by atoms with van der Waals surface area (Å²) in [7, 11) is -1.07. The van der Waals surface area contributed by atoms with Crippen LogP contribution in [0.4, 0.5) is 0 Å². The molecule has 1 unspecified atom stereocenters. The van der Waals surface area contributed by atoms with Crippen molar-refractivity contribution in [1.29, 1.82) is 0 Å². The summed E-state index contributed by atoms with van der Waals surface area (Å²) in [6.45, 7) is 2.02. The molecule has 4 nitrogen and oxygen atoms in total. The number of fused-ring (bicyclic) bond motifs is 3. The molecule has 0 spiro atoms. The largest absolute Gasteiger partial charge is 0.284 e. The first-order valence-electron chi connectivity index (χ1n) is 5.23. The van der Waals surface area contributed by atoms with Crippen LogP contribution in [0.2, 0.25) is 0 Å². The molecule has 89 valence electrons. The maximum absolute atomic E-state index is 11.5. The first kappa shape index (κ1) is 13.8. The molecular weight excluding hydrogens is 323 g/mol. The van der Waals surface area contributed by atoms with Gasteiger partial charge in [-0.15, -0.1) is 0 Å². The van der Waals surface area contributed by atoms with E-state index in [1.165, 1.54) is 0 Å². The summed E-state index contributed by atoms with van der Waals surface area (Å²) < 4.78 is 13.4. The molecule has 18 heavy (non-hydrogen) atoms. The molecule has 0 saturated carbocycles. The van der Waals surface area contributed by atoms with E-state index < -0.39 is 10.8 Å². The Hall–Kier alpha value is -0.646. The zero-order chi connectivity index (χ0) is 12.0. The standard InChI is InChI=1S/C12H11N3OS.Y/c1-8-7-9-3-4-10(17(2)16)14-12(9)15-6-5-13-11(8)15;/h3-7H,1-2H3;. The van der Waals surface area contributed by atoms with Crippen LogP contribution in [0.25, 0.3) is 16.7 Å². The molecule has 0 fully saturated rings. The maximum Gasteiger partial charge on any atom is 0.147 e. The van der Waals surface area contributed by atoms with E-state index in [1.54, 1.807) is 18.5 Å². The van der Waals surface area contributed by atoms with Crippen LogP contribution in [-0.4, -0.2) is 24.8 Å². The van der Waals surface area contributed by atoms with Crippen LogP contribution in [0.15, 0.2) is 35.6 Å². The molecule has 3 aromatic rings. The summed E-state index contributed by atoms with van der Waals surface area (Å²) in [5.41, 5.74) is 2.80. The van der Waals surface area contributed by atoms with Crippen molar-refractivity contribution in [2.75, 3.05) is 6.26 Å². The summed E-state index contributed by atoms with van der Waals surface area (Å²) in [6.07, 6.45) is 5.26. The van der Waals surface area contributed by atoms with Gasteiger partial charge in [0.1, 0.15) is 16.3 Å². The first-order valence-corrected chi connectivity index (χ1v) is 6.79. The van der Waals surface area contributed by atoms with Crippen molar-refractivity contribution in [2.24, 2.45) is 0 Å². The van der Waals surface area contributed by atoms with Gasteiger partial charge in [0.15, 0.2) is 0 Å². The number of hydrogen-bond acceptors (Lipinski definition) is 3. The van der Waals surface area contributed by atoms with E-state index >= 15 is 0 Å². The normalized spacial score (nSPS) is 12.6. The molecule has 1 atom stereocenters. The summed E-state index contributed by atoms with van der Waals surface area (Å²) in [4.78, 5) is 8.73. The molecule has 0 amide bonds. The molecule has 0 N–H and O–H groups in total. The van der Waals surface area contributed by atoms with Crippen LogP contribution in [0.3, 0.4) is 0 Å². The van der Waals surface area contributed by atoms with Crippen molar-refractivity contribution < 1.29 is 36.9 Å². The Kier molecular flexibility index (Phi) is 3.94. The molecule has 3 heterocycles. The molecule has 0 aliphatic heterocycles. The van der Waals surface area contributed by atoms with Crippen molar-refractivity contribution in [3.8, 4) is 0 Å². The fourth-order valence-corrected chi connectivity index (χ4v) is 2.45. The second-order valence-corrected chi connectivity index (χ2v) is 5.29. The Balaban J connectivity index is 0.00000120. The monoisotopic (exact) mass is 334 g/mol.